The summed E-state index contributed by atoms with van der Waals surface area (Å²) in [6.07, 6.45) is 2.48. The van der Waals surface area contributed by atoms with Crippen LogP contribution in [0.4, 0.5) is 0 Å². The van der Waals surface area contributed by atoms with E-state index in [2.05, 4.69) is 10.3 Å². The van der Waals surface area contributed by atoms with Gasteiger partial charge in [0.25, 0.3) is 0 Å². The number of nitrogens with one attached hydrogen (secondary N) is 1. The van der Waals surface area contributed by atoms with Crippen molar-refractivity contribution in [2.45, 2.75) is 19.3 Å². The molecular formula is C9H12N2OS. The minimum absolute atomic E-state index is 0.00690. The molecule has 0 amide bonds. The molecule has 13 heavy (non-hydrogen) atoms. The Bertz CT molecular complexity index is 321. The monoisotopic (exact) mass is 196 g/mol. The van der Waals surface area contributed by atoms with Crippen LogP contribution in [0.1, 0.15) is 22.2 Å². The quantitative estimate of drug-likeness (QED) is 0.731. The summed E-state index contributed by atoms with van der Waals surface area (Å²) in [6, 6.07) is 0. The van der Waals surface area contributed by atoms with E-state index in [1.54, 1.807) is 11.3 Å². The van der Waals surface area contributed by atoms with Gasteiger partial charge in [0.05, 0.1) is 5.92 Å². The van der Waals surface area contributed by atoms with Gasteiger partial charge in [-0.25, -0.2) is 4.98 Å². The first-order valence-corrected chi connectivity index (χ1v) is 5.25. The van der Waals surface area contributed by atoms with E-state index >= 15 is 0 Å². The van der Waals surface area contributed by atoms with Crippen molar-refractivity contribution in [3.63, 3.8) is 0 Å². The van der Waals surface area contributed by atoms with Crippen molar-refractivity contribution >= 4 is 17.1 Å². The van der Waals surface area contributed by atoms with Crippen molar-refractivity contribution in [3.8, 4) is 0 Å². The molecule has 0 aliphatic carbocycles. The lowest BCUT2D eigenvalue weighted by Crippen LogP contribution is -2.35. The lowest BCUT2D eigenvalue weighted by molar-refractivity contribution is -0.121. The van der Waals surface area contributed by atoms with E-state index in [4.69, 9.17) is 0 Å². The topological polar surface area (TPSA) is 42.0 Å². The summed E-state index contributed by atoms with van der Waals surface area (Å²) >= 11 is 1.63. The summed E-state index contributed by atoms with van der Waals surface area (Å²) in [6.45, 7) is 3.59. The average Bonchev–Trinajstić information content (AvgIpc) is 2.53. The Morgan fingerprint density at radius 2 is 2.54 bits per heavy atom. The maximum absolute atomic E-state index is 11.5. The summed E-state index contributed by atoms with van der Waals surface area (Å²) in [7, 11) is 0. The number of Topliss-reactive ketones (excluding diaryl/α,β-unsaturated/α-hetero) is 1. The van der Waals surface area contributed by atoms with Crippen molar-refractivity contribution in [1.29, 1.82) is 0 Å². The van der Waals surface area contributed by atoms with Crippen molar-refractivity contribution in [3.05, 3.63) is 16.1 Å². The third-order valence-electron chi connectivity index (χ3n) is 2.22. The first-order valence-electron chi connectivity index (χ1n) is 4.43. The maximum atomic E-state index is 11.5. The zero-order chi connectivity index (χ0) is 9.26. The van der Waals surface area contributed by atoms with Crippen LogP contribution in [0.15, 0.2) is 6.20 Å². The zero-order valence-electron chi connectivity index (χ0n) is 7.54. The predicted molar refractivity (Wildman–Crippen MR) is 52.1 cm³/mol. The summed E-state index contributed by atoms with van der Waals surface area (Å²) in [4.78, 5) is 17.0. The van der Waals surface area contributed by atoms with Crippen LogP contribution in [0.5, 0.6) is 0 Å². The lowest BCUT2D eigenvalue weighted by atomic mass is 9.99. The molecule has 0 spiro atoms. The minimum Gasteiger partial charge on any atom is -0.315 e. The second-order valence-corrected chi connectivity index (χ2v) is 4.55. The van der Waals surface area contributed by atoms with Gasteiger partial charge in [0.2, 0.25) is 0 Å². The van der Waals surface area contributed by atoms with Crippen LogP contribution in [0.3, 0.4) is 0 Å². The van der Waals surface area contributed by atoms with Gasteiger partial charge in [0, 0.05) is 30.6 Å². The van der Waals surface area contributed by atoms with E-state index in [1.807, 2.05) is 13.1 Å². The number of nitrogens with zero attached hydrogens (tertiary/aromatic N) is 1. The molecule has 1 aliphatic heterocycles. The highest BCUT2D eigenvalue weighted by atomic mass is 32.1. The summed E-state index contributed by atoms with van der Waals surface area (Å²) in [5, 5.41) is 4.19. The van der Waals surface area contributed by atoms with Gasteiger partial charge in [0.1, 0.15) is 10.8 Å². The molecule has 1 unspecified atom stereocenters. The standard InChI is InChI=1S/C9H12N2OS/c1-6-4-11-9(13-6)7-5-10-3-2-8(7)12/h4,7,10H,2-3,5H2,1H3. The second kappa shape index (κ2) is 3.55. The van der Waals surface area contributed by atoms with Gasteiger partial charge in [-0.2, -0.15) is 0 Å². The lowest BCUT2D eigenvalue weighted by Gasteiger charge is -2.19. The highest BCUT2D eigenvalue weighted by Crippen LogP contribution is 2.24. The first kappa shape index (κ1) is 8.84. The number of carbonyl (C=O) groups excluding carboxylic acids is 1. The highest BCUT2D eigenvalue weighted by molar-refractivity contribution is 7.11. The molecule has 0 saturated carbocycles. The molecule has 0 aromatic carbocycles. The molecule has 1 atom stereocenters. The molecule has 2 heterocycles. The van der Waals surface area contributed by atoms with E-state index in [9.17, 15) is 4.79 Å². The summed E-state index contributed by atoms with van der Waals surface area (Å²) in [5.41, 5.74) is 0. The number of ketones is 1. The van der Waals surface area contributed by atoms with Gasteiger partial charge in [-0.1, -0.05) is 0 Å². The third-order valence-corrected chi connectivity index (χ3v) is 3.25. The second-order valence-electron chi connectivity index (χ2n) is 3.28. The summed E-state index contributed by atoms with van der Waals surface area (Å²) < 4.78 is 0. The maximum Gasteiger partial charge on any atom is 0.145 e. The molecular weight excluding hydrogens is 184 g/mol. The van der Waals surface area contributed by atoms with Gasteiger partial charge in [-0.15, -0.1) is 11.3 Å². The van der Waals surface area contributed by atoms with Gasteiger partial charge in [-0.05, 0) is 6.92 Å². The fraction of sp³-hybridized carbons (Fsp3) is 0.556. The number of hydrogen-bond acceptors (Lipinski definition) is 4. The van der Waals surface area contributed by atoms with E-state index < -0.39 is 0 Å². The van der Waals surface area contributed by atoms with Crippen molar-refractivity contribution in [1.82, 2.24) is 10.3 Å². The molecule has 4 heteroatoms. The van der Waals surface area contributed by atoms with E-state index in [-0.39, 0.29) is 5.92 Å². The molecule has 1 saturated heterocycles. The Kier molecular flexibility index (Phi) is 2.42. The van der Waals surface area contributed by atoms with Crippen LogP contribution in [0, 0.1) is 6.92 Å². The number of piperidine rings is 1. The Labute approximate surface area is 81.2 Å². The van der Waals surface area contributed by atoms with Crippen molar-refractivity contribution in [2.75, 3.05) is 13.1 Å². The Balaban J connectivity index is 2.19. The first-order chi connectivity index (χ1) is 6.27. The molecule has 1 aromatic rings. The zero-order valence-corrected chi connectivity index (χ0v) is 8.36. The predicted octanol–water partition coefficient (Wildman–Crippen LogP) is 1.10. The third kappa shape index (κ3) is 1.78. The minimum atomic E-state index is 0.00690. The van der Waals surface area contributed by atoms with Crippen LogP contribution in [-0.2, 0) is 4.79 Å². The molecule has 0 radical (unpaired) electrons. The highest BCUT2D eigenvalue weighted by Gasteiger charge is 2.25. The molecule has 0 bridgehead atoms. The molecule has 1 N–H and O–H groups in total. The smallest absolute Gasteiger partial charge is 0.145 e. The summed E-state index contributed by atoms with van der Waals surface area (Å²) in [5.74, 6) is 0.334. The number of carbonyl (C=O) groups is 1. The number of aryl methyl sites for hydroxylation is 1. The van der Waals surface area contributed by atoms with E-state index in [0.717, 1.165) is 18.1 Å². The Hall–Kier alpha value is -0.740. The molecule has 1 fully saturated rings. The van der Waals surface area contributed by atoms with E-state index in [0.29, 0.717) is 12.2 Å². The van der Waals surface area contributed by atoms with Gasteiger partial charge >= 0.3 is 0 Å². The van der Waals surface area contributed by atoms with Crippen LogP contribution in [-0.4, -0.2) is 23.9 Å². The number of hydrogen-bond donors (Lipinski definition) is 1. The molecule has 1 aromatic heterocycles. The molecule has 1 aliphatic rings. The van der Waals surface area contributed by atoms with Gasteiger partial charge in [-0.3, -0.25) is 4.79 Å². The fourth-order valence-electron chi connectivity index (χ4n) is 1.50. The SMILES string of the molecule is Cc1cnc(C2CNCCC2=O)s1. The number of rotatable bonds is 1. The largest absolute Gasteiger partial charge is 0.315 e. The van der Waals surface area contributed by atoms with Gasteiger partial charge in [0.15, 0.2) is 0 Å². The van der Waals surface area contributed by atoms with Crippen LogP contribution < -0.4 is 5.32 Å². The van der Waals surface area contributed by atoms with Gasteiger partial charge < -0.3 is 5.32 Å². The van der Waals surface area contributed by atoms with E-state index in [1.165, 1.54) is 4.88 Å². The van der Waals surface area contributed by atoms with Crippen LogP contribution in [0.2, 0.25) is 0 Å². The fourth-order valence-corrected chi connectivity index (χ4v) is 2.40. The van der Waals surface area contributed by atoms with Crippen LogP contribution in [0.25, 0.3) is 0 Å². The Morgan fingerprint density at radius 1 is 1.69 bits per heavy atom. The van der Waals surface area contributed by atoms with Crippen molar-refractivity contribution < 1.29 is 4.79 Å². The number of aromatic nitrogens is 1. The molecule has 2 rings (SSSR count). The van der Waals surface area contributed by atoms with Crippen molar-refractivity contribution in [2.24, 2.45) is 0 Å². The number of thiazole rings is 1. The Morgan fingerprint density at radius 3 is 3.15 bits per heavy atom. The molecule has 70 valence electrons. The van der Waals surface area contributed by atoms with Crippen LogP contribution >= 0.6 is 11.3 Å². The normalized spacial score (nSPS) is 23.5. The average molecular weight is 196 g/mol. The molecule has 3 nitrogen and oxygen atoms in total.